The molecule has 0 bridgehead atoms. The summed E-state index contributed by atoms with van der Waals surface area (Å²) < 4.78 is 11.4. The van der Waals surface area contributed by atoms with Crippen molar-refractivity contribution in [3.05, 3.63) is 35.9 Å². The molecule has 2 amide bonds. The van der Waals surface area contributed by atoms with Crippen LogP contribution in [0.4, 0.5) is 0 Å². The van der Waals surface area contributed by atoms with Crippen molar-refractivity contribution < 1.29 is 18.8 Å². The number of ether oxygens (including phenoxy) is 1. The molecule has 0 saturated heterocycles. The summed E-state index contributed by atoms with van der Waals surface area (Å²) in [7, 11) is -0.462. The number of carbonyl (C=O) groups is 2. The highest BCUT2D eigenvalue weighted by atomic mass is 28.4. The third-order valence-corrected chi connectivity index (χ3v) is 9.45. The number of hydrogen-bond donors (Lipinski definition) is 2. The summed E-state index contributed by atoms with van der Waals surface area (Å²) in [6, 6.07) is 8.31. The number of carbonyl (C=O) groups excluding carboxylic acids is 2. The monoisotopic (exact) mass is 380 g/mol. The second-order valence-corrected chi connectivity index (χ2v) is 12.7. The van der Waals surface area contributed by atoms with Gasteiger partial charge in [0.05, 0.1) is 0 Å². The van der Waals surface area contributed by atoms with E-state index in [0.29, 0.717) is 18.6 Å². The molecule has 0 fully saturated rings. The second kappa shape index (κ2) is 9.30. The van der Waals surface area contributed by atoms with Crippen LogP contribution in [-0.4, -0.2) is 39.9 Å². The second-order valence-electron chi connectivity index (χ2n) is 7.89. The van der Waals surface area contributed by atoms with Gasteiger partial charge in [-0.15, -0.1) is 0 Å². The minimum Gasteiger partial charge on any atom is -0.417 e. The number of methoxy groups -OCH3 is 1. The summed E-state index contributed by atoms with van der Waals surface area (Å²) in [5, 5.41) is 2.76. The van der Waals surface area contributed by atoms with Crippen LogP contribution in [0.1, 0.15) is 38.9 Å². The van der Waals surface area contributed by atoms with Crippen LogP contribution in [-0.2, 0) is 18.8 Å². The molecule has 0 radical (unpaired) electrons. The number of nitrogens with one attached hydrogen (secondary N) is 1. The molecule has 0 aromatic heterocycles. The predicted molar refractivity (Wildman–Crippen MR) is 105 cm³/mol. The summed E-state index contributed by atoms with van der Waals surface area (Å²) in [4.78, 5) is 24.3. The fraction of sp³-hybridized carbons (Fsp3) is 0.579. The molecule has 1 rings (SSSR count). The Morgan fingerprint density at radius 2 is 1.77 bits per heavy atom. The fourth-order valence-electron chi connectivity index (χ4n) is 2.20. The first-order chi connectivity index (χ1) is 12.0. The number of hydrogen-bond acceptors (Lipinski definition) is 4. The molecular weight excluding hydrogens is 348 g/mol. The van der Waals surface area contributed by atoms with Crippen molar-refractivity contribution in [3.63, 3.8) is 0 Å². The van der Waals surface area contributed by atoms with Gasteiger partial charge in [-0.05, 0) is 30.1 Å². The first-order valence-corrected chi connectivity index (χ1v) is 11.7. The zero-order chi connectivity index (χ0) is 20.0. The van der Waals surface area contributed by atoms with Gasteiger partial charge in [0.25, 0.3) is 5.91 Å². The highest BCUT2D eigenvalue weighted by Gasteiger charge is 2.37. The third kappa shape index (κ3) is 6.23. The maximum Gasteiger partial charge on any atom is 0.254 e. The van der Waals surface area contributed by atoms with Gasteiger partial charge in [-0.2, -0.15) is 0 Å². The normalized spacial score (nSPS) is 14.5. The minimum atomic E-state index is -1.92. The molecule has 0 spiro atoms. The van der Waals surface area contributed by atoms with Gasteiger partial charge in [0.2, 0.25) is 5.91 Å². The topological polar surface area (TPSA) is 90.7 Å². The zero-order valence-corrected chi connectivity index (χ0v) is 17.7. The number of amides is 2. The molecular formula is C19H32N2O4Si. The van der Waals surface area contributed by atoms with Gasteiger partial charge in [0.15, 0.2) is 14.4 Å². The Morgan fingerprint density at radius 1 is 1.19 bits per heavy atom. The van der Waals surface area contributed by atoms with E-state index in [1.807, 2.05) is 18.2 Å². The molecule has 7 heteroatoms. The van der Waals surface area contributed by atoms with Gasteiger partial charge >= 0.3 is 0 Å². The minimum absolute atomic E-state index is 0.0763. The van der Waals surface area contributed by atoms with Crippen molar-refractivity contribution in [1.82, 2.24) is 5.32 Å². The Hall–Kier alpha value is -1.70. The van der Waals surface area contributed by atoms with Gasteiger partial charge in [0.1, 0.15) is 6.04 Å². The molecule has 0 heterocycles. The van der Waals surface area contributed by atoms with E-state index in [0.717, 1.165) is 0 Å². The van der Waals surface area contributed by atoms with Crippen LogP contribution in [0, 0.1) is 0 Å². The lowest BCUT2D eigenvalue weighted by Gasteiger charge is -2.36. The van der Waals surface area contributed by atoms with E-state index in [9.17, 15) is 9.59 Å². The zero-order valence-electron chi connectivity index (χ0n) is 16.7. The van der Waals surface area contributed by atoms with Crippen LogP contribution in [0.3, 0.4) is 0 Å². The Kier molecular flexibility index (Phi) is 7.99. The van der Waals surface area contributed by atoms with E-state index < -0.39 is 32.3 Å². The number of benzene rings is 1. The number of primary amides is 1. The van der Waals surface area contributed by atoms with Crippen LogP contribution >= 0.6 is 0 Å². The smallest absolute Gasteiger partial charge is 0.254 e. The molecule has 0 unspecified atom stereocenters. The molecule has 1 aromatic rings. The van der Waals surface area contributed by atoms with Gasteiger partial charge in [-0.25, -0.2) is 0 Å². The summed E-state index contributed by atoms with van der Waals surface area (Å²) in [5.74, 6) is -0.977. The highest BCUT2D eigenvalue weighted by Crippen LogP contribution is 2.36. The molecule has 0 saturated carbocycles. The first kappa shape index (κ1) is 22.3. The van der Waals surface area contributed by atoms with Crippen molar-refractivity contribution in [2.24, 2.45) is 5.73 Å². The van der Waals surface area contributed by atoms with E-state index in [-0.39, 0.29) is 5.04 Å². The average molecular weight is 381 g/mol. The maximum atomic E-state index is 12.5. The van der Waals surface area contributed by atoms with Gasteiger partial charge in [-0.3, -0.25) is 9.59 Å². The SMILES string of the molecule is CO[C@H](C(=O)N[C@@H](CCO[Si](C)(C)C(C)(C)C)C(N)=O)c1ccccc1. The van der Waals surface area contributed by atoms with Crippen LogP contribution in [0.2, 0.25) is 18.1 Å². The molecule has 1 aromatic carbocycles. The average Bonchev–Trinajstić information content (AvgIpc) is 2.54. The molecule has 146 valence electrons. The van der Waals surface area contributed by atoms with Crippen LogP contribution in [0.15, 0.2) is 30.3 Å². The van der Waals surface area contributed by atoms with Crippen molar-refractivity contribution in [3.8, 4) is 0 Å². The summed E-state index contributed by atoms with van der Waals surface area (Å²) in [5.41, 5.74) is 6.18. The van der Waals surface area contributed by atoms with Crippen molar-refractivity contribution in [2.45, 2.75) is 57.5 Å². The third-order valence-electron chi connectivity index (χ3n) is 4.91. The quantitative estimate of drug-likeness (QED) is 0.645. The largest absolute Gasteiger partial charge is 0.417 e. The standard InChI is InChI=1S/C19H32N2O4Si/c1-19(2,3)26(5,6)25-13-12-15(17(20)22)21-18(23)16(24-4)14-10-8-7-9-11-14/h7-11,15-16H,12-13H2,1-6H3,(H2,20,22)(H,21,23)/t15-,16-/m0/s1. The van der Waals surface area contributed by atoms with E-state index in [1.54, 1.807) is 12.1 Å². The predicted octanol–water partition coefficient (Wildman–Crippen LogP) is 2.76. The number of rotatable bonds is 9. The lowest BCUT2D eigenvalue weighted by molar-refractivity contribution is -0.135. The van der Waals surface area contributed by atoms with Crippen molar-refractivity contribution in [2.75, 3.05) is 13.7 Å². The highest BCUT2D eigenvalue weighted by molar-refractivity contribution is 6.74. The molecule has 0 aliphatic heterocycles. The molecule has 0 aliphatic rings. The lowest BCUT2D eigenvalue weighted by Crippen LogP contribution is -2.48. The number of nitrogens with two attached hydrogens (primary N) is 1. The Balaban J connectivity index is 2.70. The summed E-state index contributed by atoms with van der Waals surface area (Å²) in [6.07, 6.45) is -0.460. The summed E-state index contributed by atoms with van der Waals surface area (Å²) in [6.45, 7) is 11.1. The Bertz CT molecular complexity index is 599. The molecule has 2 atom stereocenters. The first-order valence-electron chi connectivity index (χ1n) is 8.81. The summed E-state index contributed by atoms with van der Waals surface area (Å²) >= 11 is 0. The van der Waals surface area contributed by atoms with Gasteiger partial charge < -0.3 is 20.2 Å². The van der Waals surface area contributed by atoms with Gasteiger partial charge in [0, 0.05) is 13.7 Å². The van der Waals surface area contributed by atoms with E-state index in [1.165, 1.54) is 7.11 Å². The van der Waals surface area contributed by atoms with Crippen LogP contribution in [0.5, 0.6) is 0 Å². The van der Waals surface area contributed by atoms with Gasteiger partial charge in [-0.1, -0.05) is 51.1 Å². The van der Waals surface area contributed by atoms with Crippen molar-refractivity contribution >= 4 is 20.1 Å². The van der Waals surface area contributed by atoms with E-state index in [4.69, 9.17) is 14.9 Å². The fourth-order valence-corrected chi connectivity index (χ4v) is 3.26. The maximum absolute atomic E-state index is 12.5. The molecule has 6 nitrogen and oxygen atoms in total. The molecule has 3 N–H and O–H groups in total. The van der Waals surface area contributed by atoms with E-state index in [2.05, 4.69) is 39.2 Å². The lowest BCUT2D eigenvalue weighted by atomic mass is 10.1. The Labute approximate surface area is 157 Å². The van der Waals surface area contributed by atoms with Crippen LogP contribution < -0.4 is 11.1 Å². The molecule has 26 heavy (non-hydrogen) atoms. The molecule has 0 aliphatic carbocycles. The van der Waals surface area contributed by atoms with Crippen molar-refractivity contribution in [1.29, 1.82) is 0 Å². The Morgan fingerprint density at radius 3 is 2.23 bits per heavy atom. The van der Waals surface area contributed by atoms with Crippen LogP contribution in [0.25, 0.3) is 0 Å². The van der Waals surface area contributed by atoms with E-state index >= 15 is 0 Å².